The molecule has 28 heavy (non-hydrogen) atoms. The molecule has 1 aliphatic rings. The van der Waals surface area contributed by atoms with E-state index in [-0.39, 0.29) is 35.8 Å². The first-order valence-corrected chi connectivity index (χ1v) is 9.59. The second-order valence-corrected chi connectivity index (χ2v) is 6.58. The number of phenolic OH excluding ortho intramolecular Hbond substituents is 1. The largest absolute Gasteiger partial charge is 0.504 e. The van der Waals surface area contributed by atoms with Crippen molar-refractivity contribution in [2.45, 2.75) is 33.1 Å². The Morgan fingerprint density at radius 2 is 1.93 bits per heavy atom. The van der Waals surface area contributed by atoms with Gasteiger partial charge < -0.3 is 19.5 Å². The van der Waals surface area contributed by atoms with Crippen LogP contribution in [0.25, 0.3) is 6.08 Å². The lowest BCUT2D eigenvalue weighted by molar-refractivity contribution is -0.149. The fourth-order valence-electron chi connectivity index (χ4n) is 3.10. The van der Waals surface area contributed by atoms with E-state index < -0.39 is 0 Å². The Labute approximate surface area is 172 Å². The van der Waals surface area contributed by atoms with Gasteiger partial charge in [-0.05, 0) is 63.6 Å². The van der Waals surface area contributed by atoms with E-state index in [1.807, 2.05) is 13.8 Å². The van der Waals surface area contributed by atoms with Gasteiger partial charge >= 0.3 is 5.97 Å². The van der Waals surface area contributed by atoms with Crippen molar-refractivity contribution in [1.29, 1.82) is 0 Å². The second kappa shape index (κ2) is 12.4. The molecule has 156 valence electrons. The lowest BCUT2D eigenvalue weighted by Gasteiger charge is -2.30. The Morgan fingerprint density at radius 3 is 2.57 bits per heavy atom. The number of esters is 1. The number of aromatic hydroxyl groups is 1. The molecule has 1 saturated heterocycles. The van der Waals surface area contributed by atoms with Crippen LogP contribution in [0.15, 0.2) is 24.3 Å². The fourth-order valence-corrected chi connectivity index (χ4v) is 3.10. The van der Waals surface area contributed by atoms with Gasteiger partial charge in [0.25, 0.3) is 0 Å². The summed E-state index contributed by atoms with van der Waals surface area (Å²) in [4.78, 5) is 26.1. The minimum Gasteiger partial charge on any atom is -0.504 e. The number of allylic oxidation sites excluding steroid dienone is 1. The van der Waals surface area contributed by atoms with E-state index in [1.54, 1.807) is 30.4 Å². The Kier molecular flexibility index (Phi) is 10.6. The van der Waals surface area contributed by atoms with Gasteiger partial charge in [-0.2, -0.15) is 0 Å². The molecule has 0 aromatic heterocycles. The van der Waals surface area contributed by atoms with Crippen LogP contribution >= 0.6 is 12.4 Å². The van der Waals surface area contributed by atoms with Gasteiger partial charge in [0.2, 0.25) is 0 Å². The monoisotopic (exact) mass is 411 g/mol. The number of carbonyl (C=O) groups is 2. The minimum absolute atomic E-state index is 0. The smallest absolute Gasteiger partial charge is 0.309 e. The van der Waals surface area contributed by atoms with Crippen molar-refractivity contribution in [2.24, 2.45) is 5.92 Å². The predicted molar refractivity (Wildman–Crippen MR) is 111 cm³/mol. The van der Waals surface area contributed by atoms with Crippen molar-refractivity contribution < 1.29 is 24.2 Å². The minimum atomic E-state index is -0.100. The summed E-state index contributed by atoms with van der Waals surface area (Å²) in [6, 6.07) is 5.01. The average Bonchev–Trinajstić information content (AvgIpc) is 2.67. The first kappa shape index (κ1) is 24.0. The molecule has 7 heteroatoms. The molecule has 0 bridgehead atoms. The molecule has 0 spiro atoms. The number of likely N-dealkylation sites (tertiary alicyclic amines) is 1. The van der Waals surface area contributed by atoms with Crippen LogP contribution in [0.1, 0.15) is 38.7 Å². The third kappa shape index (κ3) is 7.52. The van der Waals surface area contributed by atoms with Crippen molar-refractivity contribution in [1.82, 2.24) is 4.90 Å². The standard InChI is InChI=1S/C21H29NO5.ClH/c1-3-26-20-15-16(6-8-19(20)24)5-7-18(23)11-14-22-12-9-17(10-13-22)21(25)27-4-2;/h5-8,15,17,24H,3-4,9-14H2,1-2H3;1H. The maximum Gasteiger partial charge on any atom is 0.309 e. The molecule has 0 saturated carbocycles. The molecule has 6 nitrogen and oxygen atoms in total. The van der Waals surface area contributed by atoms with Gasteiger partial charge in [-0.25, -0.2) is 0 Å². The van der Waals surface area contributed by atoms with Crippen LogP contribution in [0.2, 0.25) is 0 Å². The van der Waals surface area contributed by atoms with Gasteiger partial charge in [0.15, 0.2) is 17.3 Å². The molecule has 1 N–H and O–H groups in total. The average molecular weight is 412 g/mol. The van der Waals surface area contributed by atoms with Gasteiger partial charge in [-0.15, -0.1) is 12.4 Å². The summed E-state index contributed by atoms with van der Waals surface area (Å²) in [6.45, 7) is 6.88. The third-order valence-electron chi connectivity index (χ3n) is 4.63. The number of ether oxygens (including phenoxy) is 2. The van der Waals surface area contributed by atoms with Gasteiger partial charge in [0.1, 0.15) is 0 Å². The number of ketones is 1. The predicted octanol–water partition coefficient (Wildman–Crippen LogP) is 3.46. The van der Waals surface area contributed by atoms with E-state index in [0.717, 1.165) is 31.5 Å². The van der Waals surface area contributed by atoms with Crippen molar-refractivity contribution >= 4 is 30.2 Å². The van der Waals surface area contributed by atoms with Crippen LogP contribution in [-0.2, 0) is 14.3 Å². The Balaban J connectivity index is 0.00000392. The summed E-state index contributed by atoms with van der Waals surface area (Å²) in [5, 5.41) is 9.70. The molecule has 0 atom stereocenters. The van der Waals surface area contributed by atoms with Crippen LogP contribution in [0, 0.1) is 5.92 Å². The van der Waals surface area contributed by atoms with Crippen molar-refractivity contribution in [3.05, 3.63) is 29.8 Å². The highest BCUT2D eigenvalue weighted by Gasteiger charge is 2.25. The molecule has 0 unspecified atom stereocenters. The molecule has 1 aromatic rings. The van der Waals surface area contributed by atoms with E-state index in [9.17, 15) is 14.7 Å². The number of phenols is 1. The molecule has 2 rings (SSSR count). The number of piperidine rings is 1. The molecule has 1 aromatic carbocycles. The first-order chi connectivity index (χ1) is 13.0. The molecule has 0 aliphatic carbocycles. The van der Waals surface area contributed by atoms with E-state index >= 15 is 0 Å². The van der Waals surface area contributed by atoms with Crippen LogP contribution in [-0.4, -0.2) is 54.6 Å². The summed E-state index contributed by atoms with van der Waals surface area (Å²) in [7, 11) is 0. The number of carbonyl (C=O) groups excluding carboxylic acids is 2. The Bertz CT molecular complexity index is 669. The van der Waals surface area contributed by atoms with E-state index in [4.69, 9.17) is 9.47 Å². The summed E-state index contributed by atoms with van der Waals surface area (Å²) >= 11 is 0. The number of rotatable bonds is 9. The number of nitrogens with zero attached hydrogens (tertiary/aromatic N) is 1. The normalized spacial score (nSPS) is 15.2. The van der Waals surface area contributed by atoms with E-state index in [1.165, 1.54) is 0 Å². The number of hydrogen-bond acceptors (Lipinski definition) is 6. The zero-order valence-electron chi connectivity index (χ0n) is 16.6. The second-order valence-electron chi connectivity index (χ2n) is 6.58. The van der Waals surface area contributed by atoms with Gasteiger partial charge in [0.05, 0.1) is 19.1 Å². The zero-order chi connectivity index (χ0) is 19.6. The molecule has 1 fully saturated rings. The molecular formula is C21H30ClNO5. The highest BCUT2D eigenvalue weighted by atomic mass is 35.5. The summed E-state index contributed by atoms with van der Waals surface area (Å²) < 4.78 is 10.4. The molecule has 1 heterocycles. The van der Waals surface area contributed by atoms with Gasteiger partial charge in [0, 0.05) is 13.0 Å². The molecule has 0 amide bonds. The first-order valence-electron chi connectivity index (χ1n) is 9.59. The maximum atomic E-state index is 12.1. The number of halogens is 1. The topological polar surface area (TPSA) is 76.1 Å². The zero-order valence-corrected chi connectivity index (χ0v) is 17.4. The lowest BCUT2D eigenvalue weighted by Crippen LogP contribution is -2.37. The SMILES string of the molecule is CCOC(=O)C1CCN(CCC(=O)C=Cc2ccc(O)c(OCC)c2)CC1.Cl. The summed E-state index contributed by atoms with van der Waals surface area (Å²) in [5.41, 5.74) is 0.805. The van der Waals surface area contributed by atoms with Crippen molar-refractivity contribution in [2.75, 3.05) is 32.8 Å². The van der Waals surface area contributed by atoms with Crippen LogP contribution in [0.3, 0.4) is 0 Å². The highest BCUT2D eigenvalue weighted by Crippen LogP contribution is 2.27. The van der Waals surface area contributed by atoms with Crippen LogP contribution in [0.5, 0.6) is 11.5 Å². The molecule has 1 aliphatic heterocycles. The van der Waals surface area contributed by atoms with Gasteiger partial charge in [-0.3, -0.25) is 9.59 Å². The van der Waals surface area contributed by atoms with Gasteiger partial charge in [-0.1, -0.05) is 12.1 Å². The quantitative estimate of drug-likeness (QED) is 0.495. The highest BCUT2D eigenvalue weighted by molar-refractivity contribution is 5.93. The molecular weight excluding hydrogens is 382 g/mol. The van der Waals surface area contributed by atoms with Crippen molar-refractivity contribution in [3.63, 3.8) is 0 Å². The number of benzene rings is 1. The Morgan fingerprint density at radius 1 is 1.21 bits per heavy atom. The maximum absolute atomic E-state index is 12.1. The lowest BCUT2D eigenvalue weighted by atomic mass is 9.97. The van der Waals surface area contributed by atoms with E-state index in [0.29, 0.717) is 31.9 Å². The van der Waals surface area contributed by atoms with Crippen molar-refractivity contribution in [3.8, 4) is 11.5 Å². The Hall–Kier alpha value is -2.05. The third-order valence-corrected chi connectivity index (χ3v) is 4.63. The summed E-state index contributed by atoms with van der Waals surface area (Å²) in [5.74, 6) is 0.443. The van der Waals surface area contributed by atoms with E-state index in [2.05, 4.69) is 4.90 Å². The molecule has 0 radical (unpaired) electrons. The number of hydrogen-bond donors (Lipinski definition) is 1. The van der Waals surface area contributed by atoms with Crippen LogP contribution in [0.4, 0.5) is 0 Å². The fraction of sp³-hybridized carbons (Fsp3) is 0.524. The van der Waals surface area contributed by atoms with Crippen LogP contribution < -0.4 is 4.74 Å². The summed E-state index contributed by atoms with van der Waals surface area (Å²) in [6.07, 6.45) is 5.31.